The molecule has 12 heteroatoms. The average molecular weight is 482 g/mol. The number of hydrogen-bond acceptors (Lipinski definition) is 6. The van der Waals surface area contributed by atoms with Crippen molar-refractivity contribution in [3.63, 3.8) is 0 Å². The predicted octanol–water partition coefficient (Wildman–Crippen LogP) is 2.50. The number of nitrogens with one attached hydrogen (secondary N) is 1. The molecule has 1 aromatic carbocycles. The number of benzene rings is 1. The smallest absolute Gasteiger partial charge is 0.291 e. The summed E-state index contributed by atoms with van der Waals surface area (Å²) in [5, 5.41) is 6.27. The highest BCUT2D eigenvalue weighted by Gasteiger charge is 2.23. The van der Waals surface area contributed by atoms with Gasteiger partial charge in [-0.3, -0.25) is 9.59 Å². The molecule has 3 aromatic rings. The molecule has 31 heavy (non-hydrogen) atoms. The molecule has 0 bridgehead atoms. The number of pyridine rings is 1. The lowest BCUT2D eigenvalue weighted by Crippen LogP contribution is -2.35. The van der Waals surface area contributed by atoms with E-state index in [1.165, 1.54) is 37.5 Å². The number of aryl methyl sites for hydroxylation is 1. The van der Waals surface area contributed by atoms with Crippen LogP contribution in [-0.2, 0) is 14.8 Å². The van der Waals surface area contributed by atoms with Gasteiger partial charge in [0.2, 0.25) is 15.9 Å². The Kier molecular flexibility index (Phi) is 6.75. The van der Waals surface area contributed by atoms with Gasteiger partial charge >= 0.3 is 0 Å². The van der Waals surface area contributed by atoms with Crippen molar-refractivity contribution in [1.29, 1.82) is 0 Å². The first-order valence-electron chi connectivity index (χ1n) is 8.83. The van der Waals surface area contributed by atoms with Gasteiger partial charge in [0.05, 0.1) is 28.3 Å². The van der Waals surface area contributed by atoms with E-state index >= 15 is 0 Å². The molecule has 0 saturated carbocycles. The van der Waals surface area contributed by atoms with E-state index in [4.69, 9.17) is 23.2 Å². The predicted molar refractivity (Wildman–Crippen MR) is 117 cm³/mol. The van der Waals surface area contributed by atoms with Crippen LogP contribution >= 0.6 is 23.2 Å². The van der Waals surface area contributed by atoms with Crippen molar-refractivity contribution in [2.45, 2.75) is 11.8 Å². The number of rotatable bonds is 6. The summed E-state index contributed by atoms with van der Waals surface area (Å²) < 4.78 is 27.5. The highest BCUT2D eigenvalue weighted by molar-refractivity contribution is 7.89. The van der Waals surface area contributed by atoms with Crippen LogP contribution in [0.5, 0.6) is 0 Å². The first-order chi connectivity index (χ1) is 14.6. The Bertz CT molecular complexity index is 1290. The number of hydrogen-bond donors (Lipinski definition) is 1. The van der Waals surface area contributed by atoms with E-state index in [1.807, 2.05) is 0 Å². The number of aromatic nitrogens is 3. The highest BCUT2D eigenvalue weighted by atomic mass is 35.5. The van der Waals surface area contributed by atoms with Crippen molar-refractivity contribution in [3.05, 3.63) is 74.8 Å². The molecule has 0 fully saturated rings. The van der Waals surface area contributed by atoms with Gasteiger partial charge in [-0.15, -0.1) is 0 Å². The second-order valence-electron chi connectivity index (χ2n) is 6.49. The average Bonchev–Trinajstić information content (AvgIpc) is 2.72. The maximum atomic E-state index is 12.8. The number of likely N-dealkylation sites (N-methyl/N-ethyl adjacent to an activating group) is 1. The van der Waals surface area contributed by atoms with Crippen LogP contribution in [0.3, 0.4) is 0 Å². The molecule has 1 N–H and O–H groups in total. The van der Waals surface area contributed by atoms with Crippen molar-refractivity contribution < 1.29 is 13.2 Å². The second kappa shape index (κ2) is 9.15. The Hall–Kier alpha value is -2.79. The number of amides is 1. The van der Waals surface area contributed by atoms with Crippen LogP contribution in [0, 0.1) is 6.92 Å². The second-order valence-corrected chi connectivity index (χ2v) is 9.32. The van der Waals surface area contributed by atoms with Crippen LogP contribution < -0.4 is 10.9 Å². The number of carbonyl (C=O) groups excluding carboxylic acids is 1. The van der Waals surface area contributed by atoms with Crippen molar-refractivity contribution in [2.75, 3.05) is 18.9 Å². The Morgan fingerprint density at radius 1 is 1.16 bits per heavy atom. The van der Waals surface area contributed by atoms with Gasteiger partial charge in [0.15, 0.2) is 0 Å². The zero-order valence-corrected chi connectivity index (χ0v) is 18.7. The molecule has 0 aliphatic carbocycles. The van der Waals surface area contributed by atoms with Crippen LogP contribution in [0.4, 0.5) is 5.82 Å². The summed E-state index contributed by atoms with van der Waals surface area (Å²) in [6, 6.07) is 10.5. The minimum atomic E-state index is -3.96. The summed E-state index contributed by atoms with van der Waals surface area (Å²) >= 11 is 11.6. The van der Waals surface area contributed by atoms with Gasteiger partial charge in [0, 0.05) is 12.7 Å². The van der Waals surface area contributed by atoms with E-state index in [0.717, 1.165) is 14.7 Å². The first kappa shape index (κ1) is 22.9. The summed E-state index contributed by atoms with van der Waals surface area (Å²) in [7, 11) is -2.67. The molecule has 0 unspecified atom stereocenters. The molecule has 0 aliphatic heterocycles. The van der Waals surface area contributed by atoms with Gasteiger partial charge in [0.1, 0.15) is 10.8 Å². The molecule has 0 radical (unpaired) electrons. The normalized spacial score (nSPS) is 11.5. The number of nitrogens with zero attached hydrogens (tertiary/aromatic N) is 4. The summed E-state index contributed by atoms with van der Waals surface area (Å²) in [6.07, 6.45) is 1.21. The Morgan fingerprint density at radius 3 is 2.48 bits per heavy atom. The molecule has 0 aliphatic rings. The minimum absolute atomic E-state index is 0.0166. The van der Waals surface area contributed by atoms with E-state index in [1.54, 1.807) is 25.1 Å². The fourth-order valence-electron chi connectivity index (χ4n) is 2.62. The van der Waals surface area contributed by atoms with Gasteiger partial charge in [-0.05, 0) is 43.3 Å². The molecular weight excluding hydrogens is 465 g/mol. The molecule has 2 aromatic heterocycles. The van der Waals surface area contributed by atoms with Crippen LogP contribution in [0.25, 0.3) is 5.69 Å². The van der Waals surface area contributed by atoms with Crippen LogP contribution in [0.2, 0.25) is 10.0 Å². The number of halogens is 2. The van der Waals surface area contributed by atoms with Gasteiger partial charge in [-0.25, -0.2) is 13.4 Å². The SMILES string of the molecule is Cc1cccc(NC(=O)CN(C)S(=O)(=O)c2ccc(-n3ncc(Cl)c(Cl)c3=O)cc2)n1. The third-order valence-electron chi connectivity index (χ3n) is 4.19. The van der Waals surface area contributed by atoms with Crippen molar-refractivity contribution in [2.24, 2.45) is 0 Å². The fraction of sp³-hybridized carbons (Fsp3) is 0.158. The van der Waals surface area contributed by atoms with Gasteiger partial charge < -0.3 is 5.32 Å². The maximum absolute atomic E-state index is 12.8. The lowest BCUT2D eigenvalue weighted by molar-refractivity contribution is -0.116. The van der Waals surface area contributed by atoms with Gasteiger partial charge in [0.25, 0.3) is 5.56 Å². The van der Waals surface area contributed by atoms with E-state index < -0.39 is 28.0 Å². The standard InChI is InChI=1S/C19H17Cl2N5O4S/c1-12-4-3-5-16(23-12)24-17(27)11-25(2)31(29,30)14-8-6-13(7-9-14)26-19(28)18(21)15(20)10-22-26/h3-10H,11H2,1-2H3,(H,23,24,27). The van der Waals surface area contributed by atoms with Crippen molar-refractivity contribution >= 4 is 45.0 Å². The van der Waals surface area contributed by atoms with Crippen LogP contribution in [-0.4, -0.2) is 47.0 Å². The van der Waals surface area contributed by atoms with Crippen LogP contribution in [0.1, 0.15) is 5.69 Å². The van der Waals surface area contributed by atoms with Gasteiger partial charge in [-0.2, -0.15) is 14.1 Å². The molecule has 0 saturated heterocycles. The molecule has 0 spiro atoms. The molecule has 3 rings (SSSR count). The highest BCUT2D eigenvalue weighted by Crippen LogP contribution is 2.19. The summed E-state index contributed by atoms with van der Waals surface area (Å²) in [4.78, 5) is 28.5. The quantitative estimate of drug-likeness (QED) is 0.578. The molecule has 1 amide bonds. The minimum Gasteiger partial charge on any atom is -0.310 e. The molecule has 162 valence electrons. The van der Waals surface area contributed by atoms with E-state index in [9.17, 15) is 18.0 Å². The topological polar surface area (TPSA) is 114 Å². The van der Waals surface area contributed by atoms with Crippen LogP contribution in [0.15, 0.2) is 58.4 Å². The van der Waals surface area contributed by atoms with Crippen molar-refractivity contribution in [1.82, 2.24) is 19.1 Å². The summed E-state index contributed by atoms with van der Waals surface area (Å²) in [5.74, 6) is -0.202. The Balaban J connectivity index is 1.76. The Morgan fingerprint density at radius 2 is 1.84 bits per heavy atom. The molecule has 2 heterocycles. The number of sulfonamides is 1. The first-order valence-corrected chi connectivity index (χ1v) is 11.0. The Labute approximate surface area is 188 Å². The molecule has 9 nitrogen and oxygen atoms in total. The maximum Gasteiger partial charge on any atom is 0.291 e. The lowest BCUT2D eigenvalue weighted by Gasteiger charge is -2.17. The van der Waals surface area contributed by atoms with E-state index in [2.05, 4.69) is 15.4 Å². The third kappa shape index (κ3) is 5.10. The molecule has 0 atom stereocenters. The van der Waals surface area contributed by atoms with E-state index in [-0.39, 0.29) is 14.9 Å². The van der Waals surface area contributed by atoms with E-state index in [0.29, 0.717) is 11.5 Å². The monoisotopic (exact) mass is 481 g/mol. The zero-order chi connectivity index (χ0) is 22.8. The number of anilines is 1. The lowest BCUT2D eigenvalue weighted by atomic mass is 10.3. The largest absolute Gasteiger partial charge is 0.310 e. The number of carbonyl (C=O) groups is 1. The summed E-state index contributed by atoms with van der Waals surface area (Å²) in [5.41, 5.74) is 0.381. The molecular formula is C19H17Cl2N5O4S. The zero-order valence-electron chi connectivity index (χ0n) is 16.4. The third-order valence-corrected chi connectivity index (χ3v) is 6.75. The summed E-state index contributed by atoms with van der Waals surface area (Å²) in [6.45, 7) is 1.37. The van der Waals surface area contributed by atoms with Crippen molar-refractivity contribution in [3.8, 4) is 5.69 Å². The van der Waals surface area contributed by atoms with Gasteiger partial charge in [-0.1, -0.05) is 29.3 Å². The fourth-order valence-corrected chi connectivity index (χ4v) is 4.00.